The standard InChI is InChI=1S/C17H22O2/c1-12(2)6-5-7-13(3)10-15-8-9-16(17(18)19)14(4)11-15/h6,8-11H,5,7H2,1-4H3,(H,18,19). The van der Waals surface area contributed by atoms with Crippen LogP contribution >= 0.6 is 0 Å². The molecule has 0 aliphatic carbocycles. The molecule has 0 fully saturated rings. The number of benzene rings is 1. The second-order valence-electron chi connectivity index (χ2n) is 5.19. The highest BCUT2D eigenvalue weighted by molar-refractivity contribution is 5.89. The van der Waals surface area contributed by atoms with Crippen molar-refractivity contribution in [3.05, 3.63) is 52.1 Å². The molecule has 1 rings (SSSR count). The Bertz CT molecular complexity index is 518. The Balaban J connectivity index is 2.78. The van der Waals surface area contributed by atoms with Crippen LogP contribution in [0.25, 0.3) is 6.08 Å². The fraction of sp³-hybridized carbons (Fsp3) is 0.353. The average Bonchev–Trinajstić information content (AvgIpc) is 2.27. The van der Waals surface area contributed by atoms with Crippen LogP contribution in [0.15, 0.2) is 35.4 Å². The summed E-state index contributed by atoms with van der Waals surface area (Å²) in [5, 5.41) is 8.98. The lowest BCUT2D eigenvalue weighted by Gasteiger charge is -2.04. The maximum atomic E-state index is 10.9. The first kappa shape index (κ1) is 15.2. The van der Waals surface area contributed by atoms with Crippen molar-refractivity contribution in [3.63, 3.8) is 0 Å². The monoisotopic (exact) mass is 258 g/mol. The highest BCUT2D eigenvalue weighted by atomic mass is 16.4. The van der Waals surface area contributed by atoms with Crippen LogP contribution in [0.2, 0.25) is 0 Å². The van der Waals surface area contributed by atoms with Gasteiger partial charge >= 0.3 is 5.97 Å². The van der Waals surface area contributed by atoms with Crippen molar-refractivity contribution < 1.29 is 9.90 Å². The predicted molar refractivity (Wildman–Crippen MR) is 80.5 cm³/mol. The van der Waals surface area contributed by atoms with Crippen LogP contribution in [0.3, 0.4) is 0 Å². The number of hydrogen-bond acceptors (Lipinski definition) is 1. The van der Waals surface area contributed by atoms with Gasteiger partial charge in [0.2, 0.25) is 0 Å². The number of aryl methyl sites for hydroxylation is 1. The van der Waals surface area contributed by atoms with Crippen molar-refractivity contribution in [3.8, 4) is 0 Å². The molecular formula is C17H22O2. The molecule has 0 heterocycles. The molecule has 1 aromatic rings. The lowest BCUT2D eigenvalue weighted by Crippen LogP contribution is -1.99. The SMILES string of the molecule is CC(C)=CCCC(C)=Cc1ccc(C(=O)O)c(C)c1. The van der Waals surface area contributed by atoms with E-state index >= 15 is 0 Å². The van der Waals surface area contributed by atoms with Crippen LogP contribution in [0.5, 0.6) is 0 Å². The van der Waals surface area contributed by atoms with Crippen LogP contribution < -0.4 is 0 Å². The predicted octanol–water partition coefficient (Wildman–Crippen LogP) is 4.84. The van der Waals surface area contributed by atoms with Gasteiger partial charge in [0.1, 0.15) is 0 Å². The van der Waals surface area contributed by atoms with Crippen LogP contribution in [0.4, 0.5) is 0 Å². The van der Waals surface area contributed by atoms with Gasteiger partial charge in [-0.05, 0) is 57.7 Å². The van der Waals surface area contributed by atoms with E-state index in [1.165, 1.54) is 11.1 Å². The van der Waals surface area contributed by atoms with Crippen molar-refractivity contribution in [1.82, 2.24) is 0 Å². The summed E-state index contributed by atoms with van der Waals surface area (Å²) in [5.74, 6) is -0.867. The summed E-state index contributed by atoms with van der Waals surface area (Å²) in [6.45, 7) is 8.15. The molecule has 2 heteroatoms. The first-order valence-electron chi connectivity index (χ1n) is 6.54. The summed E-state index contributed by atoms with van der Waals surface area (Å²) in [5.41, 5.74) is 4.89. The van der Waals surface area contributed by atoms with Gasteiger partial charge in [0.25, 0.3) is 0 Å². The van der Waals surface area contributed by atoms with Gasteiger partial charge in [-0.25, -0.2) is 4.79 Å². The van der Waals surface area contributed by atoms with Gasteiger partial charge in [0, 0.05) is 0 Å². The smallest absolute Gasteiger partial charge is 0.335 e. The molecule has 0 saturated carbocycles. The maximum Gasteiger partial charge on any atom is 0.335 e. The molecule has 0 aromatic heterocycles. The molecular weight excluding hydrogens is 236 g/mol. The molecule has 1 N–H and O–H groups in total. The minimum absolute atomic E-state index is 0.374. The molecule has 102 valence electrons. The van der Waals surface area contributed by atoms with Crippen LogP contribution in [0, 0.1) is 6.92 Å². The zero-order chi connectivity index (χ0) is 14.4. The van der Waals surface area contributed by atoms with E-state index in [2.05, 4.69) is 32.9 Å². The lowest BCUT2D eigenvalue weighted by atomic mass is 10.0. The molecule has 0 unspecified atom stereocenters. The Morgan fingerprint density at radius 3 is 2.47 bits per heavy atom. The Hall–Kier alpha value is -1.83. The van der Waals surface area contributed by atoms with Crippen molar-refractivity contribution in [2.75, 3.05) is 0 Å². The summed E-state index contributed by atoms with van der Waals surface area (Å²) in [6.07, 6.45) is 6.44. The van der Waals surface area contributed by atoms with Crippen molar-refractivity contribution in [2.24, 2.45) is 0 Å². The van der Waals surface area contributed by atoms with Gasteiger partial charge in [-0.1, -0.05) is 35.4 Å². The molecule has 0 atom stereocenters. The minimum atomic E-state index is -0.867. The quantitative estimate of drug-likeness (QED) is 0.767. The third-order valence-corrected chi connectivity index (χ3v) is 2.99. The van der Waals surface area contributed by atoms with Crippen molar-refractivity contribution in [1.29, 1.82) is 0 Å². The molecule has 2 nitrogen and oxygen atoms in total. The number of carboxylic acids is 1. The Morgan fingerprint density at radius 2 is 1.95 bits per heavy atom. The van der Waals surface area contributed by atoms with E-state index in [1.54, 1.807) is 6.07 Å². The van der Waals surface area contributed by atoms with Crippen LogP contribution in [0.1, 0.15) is 55.1 Å². The zero-order valence-electron chi connectivity index (χ0n) is 12.2. The minimum Gasteiger partial charge on any atom is -0.478 e. The van der Waals surface area contributed by atoms with Gasteiger partial charge in [-0.3, -0.25) is 0 Å². The lowest BCUT2D eigenvalue weighted by molar-refractivity contribution is 0.0696. The van der Waals surface area contributed by atoms with Crippen LogP contribution in [-0.2, 0) is 0 Å². The van der Waals surface area contributed by atoms with Gasteiger partial charge in [-0.15, -0.1) is 0 Å². The third-order valence-electron chi connectivity index (χ3n) is 2.99. The van der Waals surface area contributed by atoms with Gasteiger partial charge in [-0.2, -0.15) is 0 Å². The summed E-state index contributed by atoms with van der Waals surface area (Å²) >= 11 is 0. The molecule has 0 aliphatic heterocycles. The van der Waals surface area contributed by atoms with Crippen molar-refractivity contribution in [2.45, 2.75) is 40.5 Å². The van der Waals surface area contributed by atoms with E-state index in [0.29, 0.717) is 5.56 Å². The Morgan fingerprint density at radius 1 is 1.26 bits per heavy atom. The Labute approximate surface area is 115 Å². The van der Waals surface area contributed by atoms with E-state index < -0.39 is 5.97 Å². The molecule has 0 aliphatic rings. The fourth-order valence-corrected chi connectivity index (χ4v) is 1.96. The molecule has 0 radical (unpaired) electrons. The summed E-state index contributed by atoms with van der Waals surface area (Å²) in [4.78, 5) is 10.9. The number of aromatic carboxylic acids is 1. The molecule has 0 amide bonds. The topological polar surface area (TPSA) is 37.3 Å². The second-order valence-corrected chi connectivity index (χ2v) is 5.19. The first-order chi connectivity index (χ1) is 8.90. The molecule has 0 saturated heterocycles. The van der Waals surface area contributed by atoms with E-state index in [9.17, 15) is 4.79 Å². The molecule has 0 bridgehead atoms. The zero-order valence-corrected chi connectivity index (χ0v) is 12.2. The first-order valence-corrected chi connectivity index (χ1v) is 6.54. The fourth-order valence-electron chi connectivity index (χ4n) is 1.96. The largest absolute Gasteiger partial charge is 0.478 e. The maximum absolute atomic E-state index is 10.9. The van der Waals surface area contributed by atoms with E-state index in [-0.39, 0.29) is 0 Å². The van der Waals surface area contributed by atoms with Crippen molar-refractivity contribution >= 4 is 12.0 Å². The highest BCUT2D eigenvalue weighted by Gasteiger charge is 2.06. The van der Waals surface area contributed by atoms with Gasteiger partial charge in [0.05, 0.1) is 5.56 Å². The van der Waals surface area contributed by atoms with Crippen LogP contribution in [-0.4, -0.2) is 11.1 Å². The molecule has 19 heavy (non-hydrogen) atoms. The summed E-state index contributed by atoms with van der Waals surface area (Å²) in [7, 11) is 0. The van der Waals surface area contributed by atoms with Gasteiger partial charge < -0.3 is 5.11 Å². The van der Waals surface area contributed by atoms with Gasteiger partial charge in [0.15, 0.2) is 0 Å². The summed E-state index contributed by atoms with van der Waals surface area (Å²) < 4.78 is 0. The average molecular weight is 258 g/mol. The summed E-state index contributed by atoms with van der Waals surface area (Å²) in [6, 6.07) is 5.46. The molecule has 0 spiro atoms. The second kappa shape index (κ2) is 6.93. The number of hydrogen-bond donors (Lipinski definition) is 1. The van der Waals surface area contributed by atoms with E-state index in [1.807, 2.05) is 19.1 Å². The number of carboxylic acid groups (broad SMARTS) is 1. The number of rotatable bonds is 5. The number of carbonyl (C=O) groups is 1. The van der Waals surface area contributed by atoms with E-state index in [4.69, 9.17) is 5.11 Å². The highest BCUT2D eigenvalue weighted by Crippen LogP contribution is 2.16. The third kappa shape index (κ3) is 5.12. The molecule has 1 aromatic carbocycles. The van der Waals surface area contributed by atoms with E-state index in [0.717, 1.165) is 24.0 Å². The Kier molecular flexibility index (Phi) is 5.56. The normalized spacial score (nSPS) is 11.3. The number of allylic oxidation sites excluding steroid dienone is 3.